The largest absolute Gasteiger partial charge is 0.491 e. The second-order valence-corrected chi connectivity index (χ2v) is 9.75. The van der Waals surface area contributed by atoms with Crippen molar-refractivity contribution in [2.24, 2.45) is 5.92 Å². The van der Waals surface area contributed by atoms with Crippen molar-refractivity contribution in [2.45, 2.75) is 50.9 Å². The molecule has 6 nitrogen and oxygen atoms in total. The van der Waals surface area contributed by atoms with Gasteiger partial charge in [-0.2, -0.15) is 0 Å². The first-order chi connectivity index (χ1) is 16.1. The van der Waals surface area contributed by atoms with Gasteiger partial charge in [0.1, 0.15) is 12.4 Å². The standard InChI is InChI=1S/C27H34N2O4/c30-23(17-28-12-11-19-5-1-4-8-22(19)16-28)18-29-13-14-33-25-15-21(9-10-24(25)27(29)32)26(31)20-6-2-3-7-20/h1,4-5,8-10,15,20,23,26,30-31H,2-3,6-7,11-14,16-18H2. The average molecular weight is 451 g/mol. The summed E-state index contributed by atoms with van der Waals surface area (Å²) >= 11 is 0. The predicted molar refractivity (Wildman–Crippen MR) is 126 cm³/mol. The third-order valence-corrected chi connectivity index (χ3v) is 7.44. The molecule has 2 aromatic rings. The van der Waals surface area contributed by atoms with Crippen LogP contribution in [-0.2, 0) is 13.0 Å². The molecule has 0 spiro atoms. The van der Waals surface area contributed by atoms with E-state index in [4.69, 9.17) is 4.74 Å². The maximum absolute atomic E-state index is 13.2. The molecule has 1 saturated carbocycles. The number of carbonyl (C=O) groups excluding carboxylic acids is 1. The number of hydrogen-bond acceptors (Lipinski definition) is 5. The molecular formula is C27H34N2O4. The molecule has 0 bridgehead atoms. The lowest BCUT2D eigenvalue weighted by molar-refractivity contribution is 0.0501. The Balaban J connectivity index is 1.22. The summed E-state index contributed by atoms with van der Waals surface area (Å²) < 4.78 is 5.91. The Kier molecular flexibility index (Phi) is 6.67. The molecule has 2 unspecified atom stereocenters. The highest BCUT2D eigenvalue weighted by atomic mass is 16.5. The summed E-state index contributed by atoms with van der Waals surface area (Å²) in [6, 6.07) is 13.9. The zero-order valence-corrected chi connectivity index (χ0v) is 19.2. The van der Waals surface area contributed by atoms with Gasteiger partial charge < -0.3 is 19.8 Å². The first kappa shape index (κ1) is 22.4. The highest BCUT2D eigenvalue weighted by Crippen LogP contribution is 2.37. The van der Waals surface area contributed by atoms with Gasteiger partial charge in [0, 0.05) is 26.2 Å². The Morgan fingerprint density at radius 3 is 2.61 bits per heavy atom. The number of aliphatic hydroxyl groups excluding tert-OH is 2. The third kappa shape index (κ3) is 4.93. The zero-order valence-electron chi connectivity index (χ0n) is 19.2. The van der Waals surface area contributed by atoms with Crippen molar-refractivity contribution in [2.75, 3.05) is 32.8 Å². The maximum Gasteiger partial charge on any atom is 0.257 e. The smallest absolute Gasteiger partial charge is 0.257 e. The molecule has 2 atom stereocenters. The van der Waals surface area contributed by atoms with Gasteiger partial charge in [0.25, 0.3) is 5.91 Å². The number of β-amino-alcohol motifs (C(OH)–C–C–N with tert-alkyl or cyclic N) is 1. The van der Waals surface area contributed by atoms with E-state index in [0.29, 0.717) is 31.0 Å². The molecule has 5 rings (SSSR count). The van der Waals surface area contributed by atoms with Crippen molar-refractivity contribution in [3.05, 3.63) is 64.7 Å². The molecule has 3 aliphatic rings. The van der Waals surface area contributed by atoms with Gasteiger partial charge in [-0.25, -0.2) is 0 Å². The van der Waals surface area contributed by atoms with Crippen LogP contribution in [0.15, 0.2) is 42.5 Å². The van der Waals surface area contributed by atoms with Gasteiger partial charge >= 0.3 is 0 Å². The minimum atomic E-state index is -0.621. The van der Waals surface area contributed by atoms with Crippen LogP contribution in [0.3, 0.4) is 0 Å². The summed E-state index contributed by atoms with van der Waals surface area (Å²) in [5, 5.41) is 21.5. The van der Waals surface area contributed by atoms with Crippen molar-refractivity contribution in [3.63, 3.8) is 0 Å². The molecule has 0 radical (unpaired) electrons. The lowest BCUT2D eigenvalue weighted by atomic mass is 9.93. The predicted octanol–water partition coefficient (Wildman–Crippen LogP) is 3.16. The van der Waals surface area contributed by atoms with Gasteiger partial charge in [-0.15, -0.1) is 0 Å². The minimum absolute atomic E-state index is 0.118. The van der Waals surface area contributed by atoms with Crippen LogP contribution in [0.2, 0.25) is 0 Å². The van der Waals surface area contributed by atoms with E-state index < -0.39 is 12.2 Å². The van der Waals surface area contributed by atoms with E-state index in [1.165, 1.54) is 24.0 Å². The monoisotopic (exact) mass is 450 g/mol. The fraction of sp³-hybridized carbons (Fsp3) is 0.519. The maximum atomic E-state index is 13.2. The molecule has 2 N–H and O–H groups in total. The van der Waals surface area contributed by atoms with Gasteiger partial charge in [-0.1, -0.05) is 43.2 Å². The topological polar surface area (TPSA) is 73.2 Å². The first-order valence-corrected chi connectivity index (χ1v) is 12.3. The van der Waals surface area contributed by atoms with Gasteiger partial charge in [-0.05, 0) is 54.0 Å². The van der Waals surface area contributed by atoms with Crippen LogP contribution in [-0.4, -0.2) is 64.8 Å². The molecule has 33 heavy (non-hydrogen) atoms. The van der Waals surface area contributed by atoms with Crippen molar-refractivity contribution < 1.29 is 19.7 Å². The molecule has 2 heterocycles. The molecule has 0 saturated heterocycles. The summed E-state index contributed by atoms with van der Waals surface area (Å²) in [7, 11) is 0. The van der Waals surface area contributed by atoms with Crippen LogP contribution in [0.4, 0.5) is 0 Å². The number of hydrogen-bond donors (Lipinski definition) is 2. The first-order valence-electron chi connectivity index (χ1n) is 12.3. The number of aliphatic hydroxyl groups is 2. The van der Waals surface area contributed by atoms with E-state index in [2.05, 4.69) is 29.2 Å². The van der Waals surface area contributed by atoms with Crippen LogP contribution in [0.25, 0.3) is 0 Å². The third-order valence-electron chi connectivity index (χ3n) is 7.44. The van der Waals surface area contributed by atoms with Gasteiger partial charge in [0.15, 0.2) is 0 Å². The number of amides is 1. The van der Waals surface area contributed by atoms with Crippen LogP contribution in [0.1, 0.15) is 58.8 Å². The van der Waals surface area contributed by atoms with Crippen molar-refractivity contribution in [3.8, 4) is 5.75 Å². The van der Waals surface area contributed by atoms with Crippen LogP contribution in [0.5, 0.6) is 5.75 Å². The Morgan fingerprint density at radius 1 is 1.00 bits per heavy atom. The summed E-state index contributed by atoms with van der Waals surface area (Å²) in [4.78, 5) is 17.2. The lowest BCUT2D eigenvalue weighted by Crippen LogP contribution is -2.44. The van der Waals surface area contributed by atoms with E-state index in [1.54, 1.807) is 11.0 Å². The fourth-order valence-electron chi connectivity index (χ4n) is 5.60. The highest BCUT2D eigenvalue weighted by Gasteiger charge is 2.29. The van der Waals surface area contributed by atoms with E-state index in [9.17, 15) is 15.0 Å². The second kappa shape index (κ2) is 9.84. The molecule has 1 amide bonds. The molecule has 176 valence electrons. The van der Waals surface area contributed by atoms with Gasteiger partial charge in [0.2, 0.25) is 0 Å². The van der Waals surface area contributed by atoms with Crippen molar-refractivity contribution >= 4 is 5.91 Å². The molecule has 0 aromatic heterocycles. The quantitative estimate of drug-likeness (QED) is 0.707. The van der Waals surface area contributed by atoms with E-state index in [-0.39, 0.29) is 18.4 Å². The van der Waals surface area contributed by atoms with Crippen LogP contribution >= 0.6 is 0 Å². The van der Waals surface area contributed by atoms with E-state index in [0.717, 1.165) is 37.9 Å². The molecule has 2 aliphatic heterocycles. The summed E-state index contributed by atoms with van der Waals surface area (Å²) in [5.74, 6) is 0.713. The number of ether oxygens (including phenoxy) is 1. The molecular weight excluding hydrogens is 416 g/mol. The summed E-state index contributed by atoms with van der Waals surface area (Å²) in [6.45, 7) is 3.39. The number of fused-ring (bicyclic) bond motifs is 2. The Morgan fingerprint density at radius 2 is 1.79 bits per heavy atom. The van der Waals surface area contributed by atoms with E-state index in [1.807, 2.05) is 12.1 Å². The molecule has 1 fully saturated rings. The second-order valence-electron chi connectivity index (χ2n) is 9.75. The Bertz CT molecular complexity index is 988. The number of rotatable bonds is 6. The number of nitrogens with zero attached hydrogens (tertiary/aromatic N) is 2. The summed E-state index contributed by atoms with van der Waals surface area (Å²) in [6.07, 6.45) is 4.29. The normalized spacial score (nSPS) is 21.2. The van der Waals surface area contributed by atoms with Crippen LogP contribution in [0, 0.1) is 5.92 Å². The Hall–Kier alpha value is -2.41. The minimum Gasteiger partial charge on any atom is -0.491 e. The molecule has 1 aliphatic carbocycles. The van der Waals surface area contributed by atoms with E-state index >= 15 is 0 Å². The van der Waals surface area contributed by atoms with Gasteiger partial charge in [0.05, 0.1) is 24.3 Å². The van der Waals surface area contributed by atoms with Crippen molar-refractivity contribution in [1.82, 2.24) is 9.80 Å². The molecule has 2 aromatic carbocycles. The number of benzene rings is 2. The highest BCUT2D eigenvalue weighted by molar-refractivity contribution is 5.97. The van der Waals surface area contributed by atoms with Crippen molar-refractivity contribution in [1.29, 1.82) is 0 Å². The van der Waals surface area contributed by atoms with Gasteiger partial charge in [-0.3, -0.25) is 9.69 Å². The molecule has 6 heteroatoms. The fourth-order valence-corrected chi connectivity index (χ4v) is 5.60. The lowest BCUT2D eigenvalue weighted by Gasteiger charge is -2.32. The Labute approximate surface area is 195 Å². The summed E-state index contributed by atoms with van der Waals surface area (Å²) in [5.41, 5.74) is 4.04. The SMILES string of the molecule is O=C1c2ccc(C(O)C3CCCC3)cc2OCCN1CC(O)CN1CCc2ccccc2C1. The van der Waals surface area contributed by atoms with Crippen LogP contribution < -0.4 is 4.74 Å². The zero-order chi connectivity index (χ0) is 22.8. The number of carbonyl (C=O) groups is 1. The average Bonchev–Trinajstić information content (AvgIpc) is 3.32.